The van der Waals surface area contributed by atoms with Crippen molar-refractivity contribution in [2.45, 2.75) is 94.9 Å². The molecular weight excluding hydrogens is 312 g/mol. The zero-order valence-corrected chi connectivity index (χ0v) is 14.3. The zero-order chi connectivity index (χ0) is 16.4. The second-order valence-corrected chi connectivity index (χ2v) is 7.62. The van der Waals surface area contributed by atoms with E-state index in [4.69, 9.17) is 4.74 Å². The largest absolute Gasteiger partial charge is 0.507 e. The number of hydrogen-bond acceptors (Lipinski definition) is 3. The van der Waals surface area contributed by atoms with E-state index in [0.717, 1.165) is 16.7 Å². The Balaban J connectivity index is -0.000000551. The third-order valence-corrected chi connectivity index (χ3v) is 3.63. The standard InChI is InChI=1S/C18H28O3.4CH4/c1-17(2,3)13-10-12(8-9-15(19)21-7)11-14(16(13)20)18(4,5)6;;;;/h10-11,20H,8-9H2,1-7H3;4*1H4. The van der Waals surface area contributed by atoms with E-state index in [2.05, 4.69) is 41.5 Å². The Hall–Kier alpha value is -1.51. The van der Waals surface area contributed by atoms with E-state index in [1.165, 1.54) is 7.11 Å². The van der Waals surface area contributed by atoms with Crippen molar-refractivity contribution in [1.82, 2.24) is 0 Å². The van der Waals surface area contributed by atoms with Gasteiger partial charge in [-0.2, -0.15) is 0 Å². The highest BCUT2D eigenvalue weighted by atomic mass is 16.5. The maximum Gasteiger partial charge on any atom is 0.305 e. The van der Waals surface area contributed by atoms with Gasteiger partial charge in [0.25, 0.3) is 0 Å². The minimum atomic E-state index is -0.210. The van der Waals surface area contributed by atoms with E-state index >= 15 is 0 Å². The van der Waals surface area contributed by atoms with Gasteiger partial charge >= 0.3 is 5.97 Å². The van der Waals surface area contributed by atoms with Crippen LogP contribution in [0, 0.1) is 0 Å². The van der Waals surface area contributed by atoms with Crippen LogP contribution in [-0.4, -0.2) is 18.2 Å². The van der Waals surface area contributed by atoms with Crippen LogP contribution >= 0.6 is 0 Å². The van der Waals surface area contributed by atoms with Gasteiger partial charge in [0.2, 0.25) is 0 Å². The molecule has 0 fully saturated rings. The lowest BCUT2D eigenvalue weighted by atomic mass is 9.78. The Morgan fingerprint density at radius 2 is 1.28 bits per heavy atom. The third kappa shape index (κ3) is 8.42. The fourth-order valence-electron chi connectivity index (χ4n) is 2.33. The molecule has 0 atom stereocenters. The SMILES string of the molecule is C.C.C.C.COC(=O)CCc1cc(C(C)(C)C)c(O)c(C(C)(C)C)c1. The summed E-state index contributed by atoms with van der Waals surface area (Å²) >= 11 is 0. The monoisotopic (exact) mass is 356 g/mol. The molecule has 1 rings (SSSR count). The van der Waals surface area contributed by atoms with Crippen LogP contribution in [0.5, 0.6) is 5.75 Å². The van der Waals surface area contributed by atoms with Gasteiger partial charge in [0.1, 0.15) is 5.75 Å². The number of esters is 1. The van der Waals surface area contributed by atoms with Gasteiger partial charge in [-0.15, -0.1) is 0 Å². The number of carbonyl (C=O) groups is 1. The normalized spacial score (nSPS) is 10.4. The molecule has 0 aliphatic rings. The van der Waals surface area contributed by atoms with Crippen LogP contribution < -0.4 is 0 Å². The number of phenols is 1. The lowest BCUT2D eigenvalue weighted by molar-refractivity contribution is -0.140. The van der Waals surface area contributed by atoms with Gasteiger partial charge in [0.15, 0.2) is 0 Å². The molecule has 0 aliphatic carbocycles. The number of benzene rings is 1. The Labute approximate surface area is 157 Å². The topological polar surface area (TPSA) is 46.5 Å². The fourth-order valence-corrected chi connectivity index (χ4v) is 2.33. The molecule has 1 N–H and O–H groups in total. The summed E-state index contributed by atoms with van der Waals surface area (Å²) in [7, 11) is 1.40. The lowest BCUT2D eigenvalue weighted by Gasteiger charge is -2.28. The van der Waals surface area contributed by atoms with E-state index < -0.39 is 0 Å². The van der Waals surface area contributed by atoms with Crippen LogP contribution in [0.25, 0.3) is 0 Å². The molecule has 0 spiro atoms. The van der Waals surface area contributed by atoms with Crippen molar-refractivity contribution < 1.29 is 14.6 Å². The van der Waals surface area contributed by atoms with Gasteiger partial charge in [-0.1, -0.05) is 83.4 Å². The van der Waals surface area contributed by atoms with Crippen LogP contribution in [0.15, 0.2) is 12.1 Å². The first-order valence-electron chi connectivity index (χ1n) is 7.40. The number of hydrogen-bond donors (Lipinski definition) is 1. The van der Waals surface area contributed by atoms with Crippen molar-refractivity contribution in [3.63, 3.8) is 0 Å². The van der Waals surface area contributed by atoms with Crippen molar-refractivity contribution in [2.24, 2.45) is 0 Å². The molecular formula is C22H44O3. The number of carbonyl (C=O) groups excluding carboxylic acids is 1. The van der Waals surface area contributed by atoms with Crippen molar-refractivity contribution in [2.75, 3.05) is 7.11 Å². The number of ether oxygens (including phenoxy) is 1. The van der Waals surface area contributed by atoms with Crippen LogP contribution in [0.4, 0.5) is 0 Å². The van der Waals surface area contributed by atoms with Crippen LogP contribution in [0.2, 0.25) is 0 Å². The molecule has 3 heteroatoms. The average molecular weight is 357 g/mol. The molecule has 3 nitrogen and oxygen atoms in total. The van der Waals surface area contributed by atoms with Gasteiger partial charge < -0.3 is 9.84 Å². The summed E-state index contributed by atoms with van der Waals surface area (Å²) in [4.78, 5) is 11.3. The van der Waals surface area contributed by atoms with E-state index in [9.17, 15) is 9.90 Å². The molecule has 0 heterocycles. The maximum atomic E-state index is 11.3. The molecule has 0 amide bonds. The molecule has 25 heavy (non-hydrogen) atoms. The van der Waals surface area contributed by atoms with Gasteiger partial charge in [0.05, 0.1) is 7.11 Å². The second kappa shape index (κ2) is 11.2. The number of aromatic hydroxyl groups is 1. The van der Waals surface area contributed by atoms with Gasteiger partial charge in [-0.3, -0.25) is 4.79 Å². The van der Waals surface area contributed by atoms with Gasteiger partial charge in [0, 0.05) is 6.42 Å². The quantitative estimate of drug-likeness (QED) is 0.618. The van der Waals surface area contributed by atoms with E-state index in [0.29, 0.717) is 18.6 Å². The highest BCUT2D eigenvalue weighted by Gasteiger charge is 2.26. The molecule has 0 saturated heterocycles. The molecule has 0 bridgehead atoms. The summed E-state index contributed by atoms with van der Waals surface area (Å²) in [5.74, 6) is 0.162. The average Bonchev–Trinajstić information content (AvgIpc) is 2.34. The maximum absolute atomic E-state index is 11.3. The highest BCUT2D eigenvalue weighted by Crippen LogP contribution is 2.39. The summed E-state index contributed by atoms with van der Waals surface area (Å²) in [5.41, 5.74) is 2.62. The van der Waals surface area contributed by atoms with Crippen LogP contribution in [0.1, 0.15) is 94.4 Å². The lowest BCUT2D eigenvalue weighted by Crippen LogP contribution is -2.18. The highest BCUT2D eigenvalue weighted by molar-refractivity contribution is 5.69. The second-order valence-electron chi connectivity index (χ2n) is 7.62. The van der Waals surface area contributed by atoms with Gasteiger partial charge in [-0.05, 0) is 33.9 Å². The summed E-state index contributed by atoms with van der Waals surface area (Å²) in [6.07, 6.45) is 0.980. The van der Waals surface area contributed by atoms with Crippen LogP contribution in [-0.2, 0) is 26.8 Å². The minimum absolute atomic E-state index is 0. The van der Waals surface area contributed by atoms with Crippen molar-refractivity contribution in [3.8, 4) is 5.75 Å². The third-order valence-electron chi connectivity index (χ3n) is 3.63. The summed E-state index contributed by atoms with van der Waals surface area (Å²) in [5, 5.41) is 10.6. The number of aryl methyl sites for hydroxylation is 1. The molecule has 1 aromatic rings. The fraction of sp³-hybridized carbons (Fsp3) is 0.682. The van der Waals surface area contributed by atoms with E-state index in [1.54, 1.807) is 0 Å². The Bertz CT molecular complexity index is 482. The molecule has 150 valence electrons. The van der Waals surface area contributed by atoms with Crippen molar-refractivity contribution in [3.05, 3.63) is 28.8 Å². The Morgan fingerprint density at radius 1 is 0.920 bits per heavy atom. The molecule has 0 unspecified atom stereocenters. The summed E-state index contributed by atoms with van der Waals surface area (Å²) < 4.78 is 4.70. The van der Waals surface area contributed by atoms with E-state index in [-0.39, 0.29) is 46.5 Å². The smallest absolute Gasteiger partial charge is 0.305 e. The first-order chi connectivity index (χ1) is 9.46. The Morgan fingerprint density at radius 3 is 1.56 bits per heavy atom. The Kier molecular flexibility index (Phi) is 14.0. The predicted molar refractivity (Wildman–Crippen MR) is 113 cm³/mol. The number of rotatable bonds is 3. The predicted octanol–water partition coefficient (Wildman–Crippen LogP) is 6.64. The molecule has 0 saturated carbocycles. The van der Waals surface area contributed by atoms with Crippen molar-refractivity contribution in [1.29, 1.82) is 0 Å². The number of phenolic OH excluding ortho intramolecular Hbond substituents is 1. The first-order valence-corrected chi connectivity index (χ1v) is 7.40. The first kappa shape index (κ1) is 31.3. The minimum Gasteiger partial charge on any atom is -0.507 e. The molecule has 1 aromatic carbocycles. The van der Waals surface area contributed by atoms with Crippen LogP contribution in [0.3, 0.4) is 0 Å². The zero-order valence-electron chi connectivity index (χ0n) is 14.3. The number of methoxy groups -OCH3 is 1. The molecule has 0 aliphatic heterocycles. The van der Waals surface area contributed by atoms with Gasteiger partial charge in [-0.25, -0.2) is 0 Å². The molecule has 0 radical (unpaired) electrons. The van der Waals surface area contributed by atoms with E-state index in [1.807, 2.05) is 12.1 Å². The summed E-state index contributed by atoms with van der Waals surface area (Å²) in [6, 6.07) is 4.01. The van der Waals surface area contributed by atoms with Crippen molar-refractivity contribution >= 4 is 5.97 Å². The summed E-state index contributed by atoms with van der Waals surface area (Å²) in [6.45, 7) is 12.5. The molecule has 0 aromatic heterocycles.